The quantitative estimate of drug-likeness (QED) is 0.356. The first kappa shape index (κ1) is 20.5. The molecule has 0 spiro atoms. The van der Waals surface area contributed by atoms with Crippen molar-refractivity contribution in [2.75, 3.05) is 11.9 Å². The summed E-state index contributed by atoms with van der Waals surface area (Å²) < 4.78 is 11.3. The number of anilines is 1. The van der Waals surface area contributed by atoms with Crippen LogP contribution in [-0.2, 0) is 4.79 Å². The van der Waals surface area contributed by atoms with Gasteiger partial charge < -0.3 is 14.5 Å². The number of halogens is 3. The third-order valence-electron chi connectivity index (χ3n) is 4.28. The lowest BCUT2D eigenvalue weighted by molar-refractivity contribution is -0.118. The van der Waals surface area contributed by atoms with Crippen LogP contribution in [0.4, 0.5) is 5.69 Å². The number of aromatic nitrogens is 1. The molecule has 0 saturated carbocycles. The molecule has 5 nitrogen and oxygen atoms in total. The van der Waals surface area contributed by atoms with Crippen LogP contribution in [0.3, 0.4) is 0 Å². The van der Waals surface area contributed by atoms with E-state index in [1.165, 1.54) is 0 Å². The first-order valence-corrected chi connectivity index (χ1v) is 10.1. The molecule has 0 atom stereocenters. The number of rotatable bonds is 5. The van der Waals surface area contributed by atoms with Crippen molar-refractivity contribution < 1.29 is 13.9 Å². The fourth-order valence-corrected chi connectivity index (χ4v) is 3.46. The number of nitrogens with one attached hydrogen (secondary N) is 1. The highest BCUT2D eigenvalue weighted by Crippen LogP contribution is 2.31. The van der Waals surface area contributed by atoms with Gasteiger partial charge in [0.1, 0.15) is 11.3 Å². The molecular weight excluding hydrogens is 447 g/mol. The molecule has 0 aliphatic rings. The lowest BCUT2D eigenvalue weighted by Crippen LogP contribution is -2.20. The van der Waals surface area contributed by atoms with Crippen LogP contribution in [-0.4, -0.2) is 17.5 Å². The van der Waals surface area contributed by atoms with Crippen molar-refractivity contribution in [3.05, 3.63) is 75.2 Å². The average molecular weight is 462 g/mol. The molecule has 0 aliphatic heterocycles. The van der Waals surface area contributed by atoms with E-state index < -0.39 is 5.91 Å². The maximum atomic E-state index is 12.3. The Morgan fingerprint density at radius 2 is 1.87 bits per heavy atom. The van der Waals surface area contributed by atoms with Gasteiger partial charge >= 0.3 is 0 Å². The number of oxazole rings is 1. The summed E-state index contributed by atoms with van der Waals surface area (Å²) in [6.07, 6.45) is 0. The van der Waals surface area contributed by atoms with E-state index in [0.29, 0.717) is 43.5 Å². The Hall–Kier alpha value is -2.73. The summed E-state index contributed by atoms with van der Waals surface area (Å²) in [7, 11) is 0. The van der Waals surface area contributed by atoms with E-state index >= 15 is 0 Å². The number of carbonyl (C=O) groups is 1. The van der Waals surface area contributed by atoms with Crippen molar-refractivity contribution in [1.29, 1.82) is 0 Å². The second kappa shape index (κ2) is 8.56. The maximum absolute atomic E-state index is 12.3. The third-order valence-corrected chi connectivity index (χ3v) is 5.14. The number of nitrogens with zero attached hydrogens (tertiary/aromatic N) is 1. The Balaban J connectivity index is 1.50. The fraction of sp³-hybridized carbons (Fsp3) is 0.0909. The van der Waals surface area contributed by atoms with Gasteiger partial charge in [-0.15, -0.1) is 0 Å². The van der Waals surface area contributed by atoms with Crippen LogP contribution in [0.5, 0.6) is 5.75 Å². The molecule has 0 unspecified atom stereocenters. The van der Waals surface area contributed by atoms with E-state index in [-0.39, 0.29) is 6.61 Å². The average Bonchev–Trinajstić information content (AvgIpc) is 3.12. The van der Waals surface area contributed by atoms with Crippen LogP contribution in [0.2, 0.25) is 15.1 Å². The van der Waals surface area contributed by atoms with E-state index in [4.69, 9.17) is 44.0 Å². The van der Waals surface area contributed by atoms with Crippen molar-refractivity contribution in [2.24, 2.45) is 0 Å². The lowest BCUT2D eigenvalue weighted by Gasteiger charge is -2.10. The molecule has 0 bridgehead atoms. The van der Waals surface area contributed by atoms with Crippen LogP contribution >= 0.6 is 34.8 Å². The summed E-state index contributed by atoms with van der Waals surface area (Å²) in [6, 6.07) is 15.7. The zero-order chi connectivity index (χ0) is 21.3. The zero-order valence-corrected chi connectivity index (χ0v) is 18.0. The SMILES string of the molecule is Cc1ccc2oc(-c3ccc(Cl)c(NC(=O)COc4ccc(Cl)cc4Cl)c3)nc2c1. The minimum absolute atomic E-state index is 0.246. The van der Waals surface area contributed by atoms with Gasteiger partial charge in [0.05, 0.1) is 15.7 Å². The second-order valence-corrected chi connectivity index (χ2v) is 7.85. The van der Waals surface area contributed by atoms with Crippen LogP contribution in [0, 0.1) is 6.92 Å². The first-order valence-electron chi connectivity index (χ1n) is 8.94. The molecule has 1 heterocycles. The molecule has 30 heavy (non-hydrogen) atoms. The van der Waals surface area contributed by atoms with Gasteiger partial charge in [0.25, 0.3) is 5.91 Å². The van der Waals surface area contributed by atoms with Crippen molar-refractivity contribution in [1.82, 2.24) is 4.98 Å². The summed E-state index contributed by atoms with van der Waals surface area (Å²) >= 11 is 18.2. The monoisotopic (exact) mass is 460 g/mol. The number of ether oxygens (including phenoxy) is 1. The fourth-order valence-electron chi connectivity index (χ4n) is 2.84. The van der Waals surface area contributed by atoms with Gasteiger partial charge in [-0.1, -0.05) is 40.9 Å². The molecule has 1 N–H and O–H groups in total. The van der Waals surface area contributed by atoms with E-state index in [0.717, 1.165) is 11.1 Å². The van der Waals surface area contributed by atoms with Crippen molar-refractivity contribution >= 4 is 57.5 Å². The summed E-state index contributed by atoms with van der Waals surface area (Å²) in [4.78, 5) is 16.9. The van der Waals surface area contributed by atoms with Crippen LogP contribution < -0.4 is 10.1 Å². The van der Waals surface area contributed by atoms with Gasteiger partial charge in [-0.2, -0.15) is 0 Å². The Kier molecular flexibility index (Phi) is 5.86. The molecule has 4 rings (SSSR count). The van der Waals surface area contributed by atoms with Crippen molar-refractivity contribution in [2.45, 2.75) is 6.92 Å². The predicted molar refractivity (Wildman–Crippen MR) is 120 cm³/mol. The highest BCUT2D eigenvalue weighted by Gasteiger charge is 2.13. The summed E-state index contributed by atoms with van der Waals surface area (Å²) in [5.41, 5.74) is 3.64. The third kappa shape index (κ3) is 4.54. The largest absolute Gasteiger partial charge is 0.482 e. The Bertz CT molecular complexity index is 1250. The second-order valence-electron chi connectivity index (χ2n) is 6.60. The van der Waals surface area contributed by atoms with E-state index in [2.05, 4.69) is 10.3 Å². The number of aryl methyl sites for hydroxylation is 1. The molecule has 1 aromatic heterocycles. The summed E-state index contributed by atoms with van der Waals surface area (Å²) in [5, 5.41) is 3.91. The van der Waals surface area contributed by atoms with Crippen molar-refractivity contribution in [3.63, 3.8) is 0 Å². The first-order chi connectivity index (χ1) is 14.4. The summed E-state index contributed by atoms with van der Waals surface area (Å²) in [5.74, 6) is 0.401. The number of hydrogen-bond donors (Lipinski definition) is 1. The molecule has 1 amide bonds. The van der Waals surface area contributed by atoms with Gasteiger partial charge in [-0.05, 0) is 61.0 Å². The molecule has 0 aliphatic carbocycles. The van der Waals surface area contributed by atoms with Gasteiger partial charge in [0.2, 0.25) is 5.89 Å². The van der Waals surface area contributed by atoms with E-state index in [1.807, 2.05) is 25.1 Å². The highest BCUT2D eigenvalue weighted by molar-refractivity contribution is 6.35. The molecule has 0 radical (unpaired) electrons. The maximum Gasteiger partial charge on any atom is 0.262 e. The minimum atomic E-state index is -0.395. The van der Waals surface area contributed by atoms with Gasteiger partial charge in [-0.3, -0.25) is 4.79 Å². The van der Waals surface area contributed by atoms with Gasteiger partial charge in [0.15, 0.2) is 12.2 Å². The summed E-state index contributed by atoms with van der Waals surface area (Å²) in [6.45, 7) is 1.74. The number of hydrogen-bond acceptors (Lipinski definition) is 4. The molecule has 152 valence electrons. The number of benzene rings is 3. The number of carbonyl (C=O) groups excluding carboxylic acids is 1. The smallest absolute Gasteiger partial charge is 0.262 e. The molecule has 8 heteroatoms. The van der Waals surface area contributed by atoms with E-state index in [9.17, 15) is 4.79 Å². The number of fused-ring (bicyclic) bond motifs is 1. The Morgan fingerprint density at radius 1 is 1.03 bits per heavy atom. The van der Waals surface area contributed by atoms with E-state index in [1.54, 1.807) is 36.4 Å². The molecule has 0 saturated heterocycles. The Labute approximate surface area is 187 Å². The highest BCUT2D eigenvalue weighted by atomic mass is 35.5. The topological polar surface area (TPSA) is 64.4 Å². The molecular formula is C22H15Cl3N2O3. The van der Waals surface area contributed by atoms with Crippen LogP contribution in [0.25, 0.3) is 22.6 Å². The minimum Gasteiger partial charge on any atom is -0.482 e. The number of amides is 1. The predicted octanol–water partition coefficient (Wildman–Crippen LogP) is 6.78. The standard InChI is InChI=1S/C22H15Cl3N2O3/c1-12-2-6-20-18(8-12)27-22(30-20)13-3-5-15(24)17(9-13)26-21(28)11-29-19-7-4-14(23)10-16(19)25/h2-10H,11H2,1H3,(H,26,28). The molecule has 4 aromatic rings. The van der Waals surface area contributed by atoms with Crippen molar-refractivity contribution in [3.8, 4) is 17.2 Å². The van der Waals surface area contributed by atoms with Crippen LogP contribution in [0.15, 0.2) is 59.0 Å². The van der Waals surface area contributed by atoms with Crippen LogP contribution in [0.1, 0.15) is 5.56 Å². The lowest BCUT2D eigenvalue weighted by atomic mass is 10.2. The molecule has 0 fully saturated rings. The Morgan fingerprint density at radius 3 is 2.67 bits per heavy atom. The van der Waals surface area contributed by atoms with Gasteiger partial charge in [-0.25, -0.2) is 4.98 Å². The molecule has 3 aromatic carbocycles. The normalized spacial score (nSPS) is 10.9. The zero-order valence-electron chi connectivity index (χ0n) is 15.7. The van der Waals surface area contributed by atoms with Gasteiger partial charge in [0, 0.05) is 10.6 Å².